The number of hydrogen-bond acceptors (Lipinski definition) is 2. The summed E-state index contributed by atoms with van der Waals surface area (Å²) in [5, 5.41) is 7.03. The second-order valence-electron chi connectivity index (χ2n) is 18.3. The maximum absolute atomic E-state index is 6.79. The first-order valence-electron chi connectivity index (χ1n) is 23.5. The van der Waals surface area contributed by atoms with Crippen LogP contribution in [0.2, 0.25) is 0 Å². The third kappa shape index (κ3) is 4.97. The highest BCUT2D eigenvalue weighted by Gasteiger charge is 2.52. The Hall–Kier alpha value is -8.92. The van der Waals surface area contributed by atoms with E-state index < -0.39 is 5.41 Å². The van der Waals surface area contributed by atoms with E-state index in [0.29, 0.717) is 0 Å². The quantitative estimate of drug-likeness (QED) is 0.172. The van der Waals surface area contributed by atoms with E-state index in [9.17, 15) is 0 Å². The maximum Gasteiger partial charge on any atom is 0.138 e. The highest BCUT2D eigenvalue weighted by atomic mass is 16.3. The van der Waals surface area contributed by atoms with Gasteiger partial charge >= 0.3 is 0 Å². The zero-order valence-corrected chi connectivity index (χ0v) is 36.9. The van der Waals surface area contributed by atoms with Crippen molar-refractivity contribution < 1.29 is 4.42 Å². The average Bonchev–Trinajstić information content (AvgIpc) is 4.12. The van der Waals surface area contributed by atoms with E-state index in [1.54, 1.807) is 0 Å². The number of benzene rings is 11. The van der Waals surface area contributed by atoms with Crippen molar-refractivity contribution in [1.82, 2.24) is 4.57 Å². The molecule has 0 amide bonds. The van der Waals surface area contributed by atoms with Gasteiger partial charge in [0.25, 0.3) is 0 Å². The van der Waals surface area contributed by atoms with Crippen LogP contribution in [0.1, 0.15) is 22.3 Å². The molecule has 0 atom stereocenters. The van der Waals surface area contributed by atoms with Gasteiger partial charge in [-0.1, -0.05) is 188 Å². The summed E-state index contributed by atoms with van der Waals surface area (Å²) in [6.45, 7) is 0. The molecule has 11 aromatic carbocycles. The van der Waals surface area contributed by atoms with Gasteiger partial charge in [-0.15, -0.1) is 0 Å². The molecule has 0 saturated heterocycles. The molecule has 0 fully saturated rings. The van der Waals surface area contributed by atoms with Crippen LogP contribution in [0, 0.1) is 0 Å². The highest BCUT2D eigenvalue weighted by molar-refractivity contribution is 6.27. The van der Waals surface area contributed by atoms with Crippen LogP contribution in [0.3, 0.4) is 0 Å². The van der Waals surface area contributed by atoms with Crippen molar-refractivity contribution >= 4 is 71.6 Å². The van der Waals surface area contributed by atoms with Gasteiger partial charge in [-0.05, 0) is 104 Å². The minimum atomic E-state index is -0.459. The van der Waals surface area contributed by atoms with E-state index in [4.69, 9.17) is 4.42 Å². The molecule has 0 radical (unpaired) electrons. The Balaban J connectivity index is 1.05. The molecule has 68 heavy (non-hydrogen) atoms. The van der Waals surface area contributed by atoms with Crippen molar-refractivity contribution in [2.45, 2.75) is 5.41 Å². The first kappa shape index (κ1) is 37.3. The molecular formula is C65H40N2O. The number of para-hydroxylation sites is 2. The SMILES string of the molecule is c1ccc(-c2c3c(cc4c2c2ccc(N(c5ccccc5)c5cccc6c5-c5ccccc5C65c6ccccc6-c6ccccc65)cc2n4-c2ccc4ccccc4c2)oc2ccccc23)cc1. The molecule has 0 aliphatic heterocycles. The van der Waals surface area contributed by atoms with Crippen LogP contribution in [0.5, 0.6) is 0 Å². The van der Waals surface area contributed by atoms with Crippen molar-refractivity contribution in [2.75, 3.05) is 4.90 Å². The first-order chi connectivity index (χ1) is 33.8. The van der Waals surface area contributed by atoms with Crippen molar-refractivity contribution in [3.63, 3.8) is 0 Å². The lowest BCUT2D eigenvalue weighted by Gasteiger charge is -2.31. The Morgan fingerprint density at radius 1 is 0.368 bits per heavy atom. The molecule has 1 spiro atoms. The Bertz CT molecular complexity index is 4170. The monoisotopic (exact) mass is 864 g/mol. The van der Waals surface area contributed by atoms with Gasteiger partial charge in [-0.2, -0.15) is 0 Å². The van der Waals surface area contributed by atoms with Crippen LogP contribution in [0.4, 0.5) is 17.1 Å². The molecule has 2 aliphatic carbocycles. The summed E-state index contributed by atoms with van der Waals surface area (Å²) < 4.78 is 9.26. The molecule has 2 heterocycles. The Kier molecular flexibility index (Phi) is 7.71. The van der Waals surface area contributed by atoms with Gasteiger partial charge < -0.3 is 13.9 Å². The summed E-state index contributed by atoms with van der Waals surface area (Å²) in [7, 11) is 0. The lowest BCUT2D eigenvalue weighted by Crippen LogP contribution is -2.26. The molecule has 2 aliphatic rings. The van der Waals surface area contributed by atoms with Gasteiger partial charge in [0.15, 0.2) is 0 Å². The highest BCUT2D eigenvalue weighted by Crippen LogP contribution is 2.64. The second-order valence-corrected chi connectivity index (χ2v) is 18.3. The number of fused-ring (bicyclic) bond motifs is 17. The van der Waals surface area contributed by atoms with Crippen LogP contribution in [0.15, 0.2) is 247 Å². The van der Waals surface area contributed by atoms with Crippen LogP contribution in [-0.2, 0) is 5.41 Å². The van der Waals surface area contributed by atoms with Crippen molar-refractivity contribution in [3.8, 4) is 39.1 Å². The molecule has 316 valence electrons. The van der Waals surface area contributed by atoms with Crippen LogP contribution in [-0.4, -0.2) is 4.57 Å². The average molecular weight is 865 g/mol. The molecule has 3 nitrogen and oxygen atoms in total. The number of rotatable bonds is 5. The predicted molar refractivity (Wildman–Crippen MR) is 282 cm³/mol. The second kappa shape index (κ2) is 14.0. The topological polar surface area (TPSA) is 21.3 Å². The van der Waals surface area contributed by atoms with E-state index in [1.165, 1.54) is 71.6 Å². The van der Waals surface area contributed by atoms with Crippen LogP contribution in [0.25, 0.3) is 93.6 Å². The number of anilines is 3. The summed E-state index contributed by atoms with van der Waals surface area (Å²) in [6.07, 6.45) is 0. The van der Waals surface area contributed by atoms with E-state index in [-0.39, 0.29) is 0 Å². The van der Waals surface area contributed by atoms with Crippen LogP contribution < -0.4 is 4.90 Å². The van der Waals surface area contributed by atoms with Crippen molar-refractivity contribution in [2.24, 2.45) is 0 Å². The fourth-order valence-corrected chi connectivity index (χ4v) is 12.3. The lowest BCUT2D eigenvalue weighted by molar-refractivity contribution is 0.669. The molecule has 0 N–H and O–H groups in total. The first-order valence-corrected chi connectivity index (χ1v) is 23.5. The number of furan rings is 1. The number of nitrogens with zero attached hydrogens (tertiary/aromatic N) is 2. The van der Waals surface area contributed by atoms with Gasteiger partial charge in [-0.25, -0.2) is 0 Å². The fraction of sp³-hybridized carbons (Fsp3) is 0.0154. The third-order valence-corrected chi connectivity index (χ3v) is 14.9. The predicted octanol–water partition coefficient (Wildman–Crippen LogP) is 17.3. The Morgan fingerprint density at radius 2 is 1.00 bits per heavy atom. The minimum Gasteiger partial charge on any atom is -0.456 e. The normalized spacial score (nSPS) is 13.1. The molecular weight excluding hydrogens is 825 g/mol. The van der Waals surface area contributed by atoms with Crippen molar-refractivity contribution in [1.29, 1.82) is 0 Å². The maximum atomic E-state index is 6.79. The molecule has 13 aromatic rings. The largest absolute Gasteiger partial charge is 0.456 e. The minimum absolute atomic E-state index is 0.459. The third-order valence-electron chi connectivity index (χ3n) is 14.9. The molecule has 0 saturated carbocycles. The lowest BCUT2D eigenvalue weighted by atomic mass is 9.70. The molecule has 0 unspecified atom stereocenters. The van der Waals surface area contributed by atoms with E-state index in [2.05, 4.69) is 252 Å². The van der Waals surface area contributed by atoms with Gasteiger partial charge in [0.1, 0.15) is 11.2 Å². The van der Waals surface area contributed by atoms with Gasteiger partial charge in [0, 0.05) is 55.8 Å². The molecule has 15 rings (SSSR count). The van der Waals surface area contributed by atoms with Gasteiger partial charge in [0.2, 0.25) is 0 Å². The smallest absolute Gasteiger partial charge is 0.138 e. The molecule has 3 heteroatoms. The molecule has 2 aromatic heterocycles. The van der Waals surface area contributed by atoms with E-state index in [1.807, 2.05) is 0 Å². The van der Waals surface area contributed by atoms with Gasteiger partial charge in [0.05, 0.1) is 22.1 Å². The summed E-state index contributed by atoms with van der Waals surface area (Å²) in [6, 6.07) is 89.3. The van der Waals surface area contributed by atoms with Gasteiger partial charge in [-0.3, -0.25) is 0 Å². The van der Waals surface area contributed by atoms with E-state index >= 15 is 0 Å². The van der Waals surface area contributed by atoms with Crippen molar-refractivity contribution in [3.05, 3.63) is 265 Å². The molecule has 0 bridgehead atoms. The Morgan fingerprint density at radius 3 is 1.78 bits per heavy atom. The van der Waals surface area contributed by atoms with Crippen LogP contribution >= 0.6 is 0 Å². The summed E-state index contributed by atoms with van der Waals surface area (Å²) >= 11 is 0. The summed E-state index contributed by atoms with van der Waals surface area (Å²) in [5.74, 6) is 0. The fourth-order valence-electron chi connectivity index (χ4n) is 12.3. The van der Waals surface area contributed by atoms with E-state index in [0.717, 1.165) is 61.3 Å². The zero-order valence-electron chi connectivity index (χ0n) is 36.9. The number of aromatic nitrogens is 1. The summed E-state index contributed by atoms with van der Waals surface area (Å²) in [4.78, 5) is 2.49. The summed E-state index contributed by atoms with van der Waals surface area (Å²) in [5.41, 5.74) is 20.7. The zero-order chi connectivity index (χ0) is 44.5. The standard InChI is InChI=1S/C65H40N2O/c1-3-19-42(20-4-1)61-63-50-37-36-46(39-57(50)67(45-35-34-41-18-7-8-21-43(41)38-45)58(63)40-60-64(61)51-27-12-16-33-59(51)68-60)66(44-22-5-2-6-23-44)56-32-17-31-55-62(56)49-26-11-15-30-54(49)65(55)52-28-13-9-24-47(52)48-25-10-14-29-53(48)65/h1-40H. The number of hydrogen-bond donors (Lipinski definition) is 0. The Labute approximate surface area is 393 Å².